The minimum absolute atomic E-state index is 0.0716. The van der Waals surface area contributed by atoms with Crippen LogP contribution < -0.4 is 0 Å². The van der Waals surface area contributed by atoms with Crippen LogP contribution in [0, 0.1) is 43.9 Å². The van der Waals surface area contributed by atoms with E-state index < -0.39 is 0 Å². The van der Waals surface area contributed by atoms with Crippen molar-refractivity contribution in [2.24, 2.45) is 5.41 Å². The van der Waals surface area contributed by atoms with E-state index in [-0.39, 0.29) is 32.5 Å². The van der Waals surface area contributed by atoms with Gasteiger partial charge in [-0.3, -0.25) is 0 Å². The SMILES string of the molecule is CC(C)(C)C1=CC2=C/C1=C\[C]c1cc(cc(C(C)(C)C)c1)[C]c1cc(cc(C(C)(C)C)c1)[C]c1cc(cc(C(C)(C)C)c1)[C]c1cc(cc(C(C)(C)C)c1)[C]c1cc(cc(C(C)(C)C)c1)[C]2. The van der Waals surface area contributed by atoms with Crippen LogP contribution in [0.1, 0.15) is 208 Å². The molecule has 0 saturated heterocycles. The van der Waals surface area contributed by atoms with Gasteiger partial charge in [0.15, 0.2) is 0 Å². The van der Waals surface area contributed by atoms with Gasteiger partial charge in [0.25, 0.3) is 0 Å². The molecule has 2 aliphatic carbocycles. The van der Waals surface area contributed by atoms with E-state index in [9.17, 15) is 0 Å². The predicted molar refractivity (Wildman–Crippen MR) is 280 cm³/mol. The van der Waals surface area contributed by atoms with E-state index in [1.807, 2.05) is 0 Å². The van der Waals surface area contributed by atoms with Crippen LogP contribution >= 0.6 is 0 Å². The Kier molecular flexibility index (Phi) is 13.2. The van der Waals surface area contributed by atoms with Gasteiger partial charge < -0.3 is 0 Å². The molecule has 5 aromatic carbocycles. The standard InChI is InChI=1S/C66H72/c1-61(2,3)55-32-43-19-20-54-31-53(42-60(54)66(16,17)18)30-52-29-51(40-59(41-52)65(13,14)15)28-50-27-49(38-58(39-50)64(10,11)12)26-48-25-47(36-57(37-48)63(7,8)9)24-46-23-45(22-44(21-43)33-55)34-56(35-46)62(4,5)6/h20-21,23,25,27,29,31-42H,1-18H3/b54-20+. The zero-order chi connectivity index (χ0) is 48.4. The first-order chi connectivity index (χ1) is 30.3. The Labute approximate surface area is 403 Å². The largest absolute Gasteiger partial charge is 0.0639 e. The van der Waals surface area contributed by atoms with Crippen molar-refractivity contribution in [3.8, 4) is 0 Å². The molecule has 2 aliphatic rings. The second kappa shape index (κ2) is 17.8. The molecular formula is C66H72. The lowest BCUT2D eigenvalue weighted by Gasteiger charge is -2.24. The lowest BCUT2D eigenvalue weighted by Crippen LogP contribution is -2.14. The van der Waals surface area contributed by atoms with Crippen molar-refractivity contribution in [1.82, 2.24) is 0 Å². The highest BCUT2D eigenvalue weighted by Crippen LogP contribution is 2.41. The summed E-state index contributed by atoms with van der Waals surface area (Å²) in [7, 11) is 0. The average Bonchev–Trinajstić information content (AvgIpc) is 3.58. The summed E-state index contributed by atoms with van der Waals surface area (Å²) in [6.07, 6.45) is 29.8. The van der Waals surface area contributed by atoms with Gasteiger partial charge in [0.2, 0.25) is 0 Å². The maximum absolute atomic E-state index is 3.88. The van der Waals surface area contributed by atoms with Gasteiger partial charge >= 0.3 is 0 Å². The summed E-state index contributed by atoms with van der Waals surface area (Å²) in [5.41, 5.74) is 19.5. The van der Waals surface area contributed by atoms with Gasteiger partial charge in [-0.15, -0.1) is 0 Å². The van der Waals surface area contributed by atoms with Crippen molar-refractivity contribution in [2.75, 3.05) is 0 Å². The minimum Gasteiger partial charge on any atom is -0.0639 e. The topological polar surface area (TPSA) is 0 Å². The summed E-state index contributed by atoms with van der Waals surface area (Å²) < 4.78 is 0. The molecule has 0 aromatic heterocycles. The quantitative estimate of drug-likeness (QED) is 0.145. The second-order valence-electron chi connectivity index (χ2n) is 25.0. The van der Waals surface area contributed by atoms with E-state index in [4.69, 9.17) is 0 Å². The summed E-state index contributed by atoms with van der Waals surface area (Å²) in [4.78, 5) is 0. The van der Waals surface area contributed by atoms with Crippen LogP contribution in [-0.4, -0.2) is 0 Å². The third kappa shape index (κ3) is 12.3. The van der Waals surface area contributed by atoms with Crippen molar-refractivity contribution in [3.63, 3.8) is 0 Å². The van der Waals surface area contributed by atoms with Crippen molar-refractivity contribution < 1.29 is 0 Å². The highest BCUT2D eigenvalue weighted by atomic mass is 14.3. The van der Waals surface area contributed by atoms with E-state index in [1.54, 1.807) is 0 Å². The maximum Gasteiger partial charge on any atom is 0.0502 e. The van der Waals surface area contributed by atoms with Gasteiger partial charge in [0, 0.05) is 6.42 Å². The maximum atomic E-state index is 3.88. The van der Waals surface area contributed by atoms with E-state index in [0.717, 1.165) is 66.8 Å². The van der Waals surface area contributed by atoms with E-state index in [1.165, 1.54) is 33.4 Å². The zero-order valence-electron chi connectivity index (χ0n) is 43.4. The van der Waals surface area contributed by atoms with Crippen LogP contribution in [0.25, 0.3) is 0 Å². The van der Waals surface area contributed by atoms with E-state index >= 15 is 0 Å². The smallest absolute Gasteiger partial charge is 0.0502 e. The molecule has 7 rings (SSSR count). The molecule has 5 aromatic rings. The normalized spacial score (nSPS) is 16.4. The lowest BCUT2D eigenvalue weighted by atomic mass is 9.80. The number of rotatable bonds is 0. The fourth-order valence-electron chi connectivity index (χ4n) is 8.40. The number of fused-ring (bicyclic) bond motifs is 11. The monoisotopic (exact) mass is 865 g/mol. The van der Waals surface area contributed by atoms with Gasteiger partial charge in [-0.2, -0.15) is 0 Å². The first kappa shape index (κ1) is 49.2. The molecule has 0 atom stereocenters. The number of hydrogen-bond acceptors (Lipinski definition) is 0. The van der Waals surface area contributed by atoms with Crippen LogP contribution in [0.3, 0.4) is 0 Å². The Morgan fingerprint density at radius 1 is 0.258 bits per heavy atom. The lowest BCUT2D eigenvalue weighted by molar-refractivity contribution is 0.514. The molecule has 0 heteroatoms. The fourth-order valence-corrected chi connectivity index (χ4v) is 8.40. The van der Waals surface area contributed by atoms with Crippen LogP contribution in [0.2, 0.25) is 0 Å². The molecular weight excluding hydrogens is 793 g/mol. The number of benzene rings is 5. The molecule has 0 N–H and O–H groups in total. The third-order valence-electron chi connectivity index (χ3n) is 12.6. The Morgan fingerprint density at radius 3 is 0.758 bits per heavy atom. The summed E-state index contributed by atoms with van der Waals surface area (Å²) >= 11 is 0. The van der Waals surface area contributed by atoms with Gasteiger partial charge in [-0.25, -0.2) is 0 Å². The number of allylic oxidation sites excluding steroid dienone is 6. The van der Waals surface area contributed by atoms with Crippen LogP contribution in [-0.2, 0) is 27.1 Å². The van der Waals surface area contributed by atoms with Crippen molar-refractivity contribution in [3.05, 3.63) is 248 Å². The van der Waals surface area contributed by atoms with Gasteiger partial charge in [-0.1, -0.05) is 234 Å². The highest BCUT2D eigenvalue weighted by Gasteiger charge is 2.27. The molecule has 0 amide bonds. The second-order valence-corrected chi connectivity index (χ2v) is 25.0. The molecule has 66 heavy (non-hydrogen) atoms. The van der Waals surface area contributed by atoms with Crippen molar-refractivity contribution in [1.29, 1.82) is 0 Å². The first-order valence-corrected chi connectivity index (χ1v) is 23.9. The summed E-state index contributed by atoms with van der Waals surface area (Å²) in [5.74, 6) is 0. The van der Waals surface area contributed by atoms with Gasteiger partial charge in [0.1, 0.15) is 0 Å². The summed E-state index contributed by atoms with van der Waals surface area (Å²) in [6, 6.07) is 34.1. The molecule has 0 spiro atoms. The van der Waals surface area contributed by atoms with Gasteiger partial charge in [0.05, 0.1) is 32.1 Å². The van der Waals surface area contributed by atoms with Crippen molar-refractivity contribution >= 4 is 0 Å². The molecule has 12 radical (unpaired) electrons. The predicted octanol–water partition coefficient (Wildman–Crippen LogP) is 16.8. The summed E-state index contributed by atoms with van der Waals surface area (Å²) in [5, 5.41) is 0. The molecule has 0 saturated carbocycles. The Bertz CT molecular complexity index is 2710. The Hall–Kier alpha value is -4.68. The molecule has 0 nitrogen and oxygen atoms in total. The van der Waals surface area contributed by atoms with Crippen LogP contribution in [0.4, 0.5) is 0 Å². The number of hydrogen-bond donors (Lipinski definition) is 0. The Morgan fingerprint density at radius 2 is 0.500 bits per heavy atom. The highest BCUT2D eigenvalue weighted by molar-refractivity contribution is 5.62. The van der Waals surface area contributed by atoms with Crippen molar-refractivity contribution in [2.45, 2.75) is 152 Å². The van der Waals surface area contributed by atoms with Gasteiger partial charge in [-0.05, 0) is 133 Å². The average molecular weight is 865 g/mol. The zero-order valence-corrected chi connectivity index (χ0v) is 43.4. The molecule has 12 bridgehead atoms. The molecule has 0 heterocycles. The molecule has 0 unspecified atom stereocenters. The Balaban J connectivity index is 1.45. The molecule has 0 fully saturated rings. The van der Waals surface area contributed by atoms with E-state index in [0.29, 0.717) is 0 Å². The minimum atomic E-state index is -0.0850. The third-order valence-corrected chi connectivity index (χ3v) is 12.6. The van der Waals surface area contributed by atoms with Crippen LogP contribution in [0.15, 0.2) is 126 Å². The van der Waals surface area contributed by atoms with Crippen LogP contribution in [0.5, 0.6) is 0 Å². The van der Waals surface area contributed by atoms with E-state index in [2.05, 4.69) is 272 Å². The molecule has 336 valence electrons. The summed E-state index contributed by atoms with van der Waals surface area (Å²) in [6.45, 7) is 41.1. The molecule has 0 aliphatic heterocycles. The first-order valence-electron chi connectivity index (χ1n) is 23.9. The fraction of sp³-hybridized carbons (Fsp3) is 0.364.